The molecule has 1 aliphatic heterocycles. The molecule has 0 aliphatic carbocycles. The lowest BCUT2D eigenvalue weighted by molar-refractivity contribution is -0.123. The van der Waals surface area contributed by atoms with Crippen LogP contribution >= 0.6 is 0 Å². The minimum Gasteiger partial charge on any atom is -0.477 e. The average Bonchev–Trinajstić information content (AvgIpc) is 2.17. The first-order chi connectivity index (χ1) is 6.72. The first-order valence-corrected chi connectivity index (χ1v) is 4.49. The van der Waals surface area contributed by atoms with Gasteiger partial charge in [0.15, 0.2) is 6.10 Å². The maximum Gasteiger partial charge on any atom is 0.266 e. The highest BCUT2D eigenvalue weighted by Crippen LogP contribution is 2.32. The Labute approximate surface area is 82.1 Å². The van der Waals surface area contributed by atoms with Crippen molar-refractivity contribution < 1.29 is 9.53 Å². The largest absolute Gasteiger partial charge is 0.477 e. The molecule has 2 rings (SSSR count). The molecular formula is C10H12N2O2. The van der Waals surface area contributed by atoms with E-state index < -0.39 is 6.10 Å². The highest BCUT2D eigenvalue weighted by Gasteiger charge is 2.26. The van der Waals surface area contributed by atoms with Crippen molar-refractivity contribution in [2.75, 3.05) is 11.9 Å². The zero-order chi connectivity index (χ0) is 10.1. The van der Waals surface area contributed by atoms with Crippen LogP contribution in [-0.4, -0.2) is 18.6 Å². The predicted molar refractivity (Wildman–Crippen MR) is 53.3 cm³/mol. The standard InChI is InChI=1S/C10H12N2O2/c1-6-3-2-4-7-9(6)14-8(5-11)10(13)12-7/h2-4,8H,5,11H2,1H3,(H,12,13). The molecular weight excluding hydrogens is 180 g/mol. The fourth-order valence-electron chi connectivity index (χ4n) is 1.47. The smallest absolute Gasteiger partial charge is 0.266 e. The first-order valence-electron chi connectivity index (χ1n) is 4.49. The molecule has 0 fully saturated rings. The Morgan fingerprint density at radius 2 is 2.36 bits per heavy atom. The van der Waals surface area contributed by atoms with Gasteiger partial charge in [0.25, 0.3) is 5.91 Å². The predicted octanol–water partition coefficient (Wildman–Crippen LogP) is 0.653. The number of hydrogen-bond donors (Lipinski definition) is 2. The van der Waals surface area contributed by atoms with E-state index in [1.807, 2.05) is 25.1 Å². The van der Waals surface area contributed by atoms with E-state index in [-0.39, 0.29) is 12.5 Å². The molecule has 14 heavy (non-hydrogen) atoms. The van der Waals surface area contributed by atoms with Crippen molar-refractivity contribution in [3.63, 3.8) is 0 Å². The monoisotopic (exact) mass is 192 g/mol. The third kappa shape index (κ3) is 1.33. The lowest BCUT2D eigenvalue weighted by Crippen LogP contribution is -2.42. The Morgan fingerprint density at radius 3 is 3.07 bits per heavy atom. The number of nitrogens with one attached hydrogen (secondary N) is 1. The Bertz CT molecular complexity index is 376. The number of nitrogens with two attached hydrogens (primary N) is 1. The topological polar surface area (TPSA) is 64.3 Å². The van der Waals surface area contributed by atoms with E-state index >= 15 is 0 Å². The van der Waals surface area contributed by atoms with Gasteiger partial charge in [-0.25, -0.2) is 0 Å². The van der Waals surface area contributed by atoms with Gasteiger partial charge in [0.05, 0.1) is 5.69 Å². The van der Waals surface area contributed by atoms with Gasteiger partial charge in [-0.15, -0.1) is 0 Å². The lowest BCUT2D eigenvalue weighted by Gasteiger charge is -2.25. The van der Waals surface area contributed by atoms with Gasteiger partial charge in [-0.05, 0) is 18.6 Å². The Morgan fingerprint density at radius 1 is 1.57 bits per heavy atom. The molecule has 1 aliphatic rings. The molecule has 4 heteroatoms. The van der Waals surface area contributed by atoms with E-state index in [2.05, 4.69) is 5.32 Å². The summed E-state index contributed by atoms with van der Waals surface area (Å²) in [6, 6.07) is 5.62. The summed E-state index contributed by atoms with van der Waals surface area (Å²) in [5.74, 6) is 0.549. The van der Waals surface area contributed by atoms with Crippen LogP contribution in [0.5, 0.6) is 5.75 Å². The summed E-state index contributed by atoms with van der Waals surface area (Å²) in [4.78, 5) is 11.4. The van der Waals surface area contributed by atoms with Crippen LogP contribution in [-0.2, 0) is 4.79 Å². The summed E-state index contributed by atoms with van der Waals surface area (Å²) in [6.45, 7) is 2.13. The molecule has 0 spiro atoms. The van der Waals surface area contributed by atoms with Crippen LogP contribution in [0.15, 0.2) is 18.2 Å². The molecule has 3 N–H and O–H groups in total. The molecule has 1 unspecified atom stereocenters. The van der Waals surface area contributed by atoms with Crippen molar-refractivity contribution >= 4 is 11.6 Å². The fraction of sp³-hybridized carbons (Fsp3) is 0.300. The molecule has 1 amide bonds. The van der Waals surface area contributed by atoms with Crippen molar-refractivity contribution in [1.82, 2.24) is 0 Å². The summed E-state index contributed by atoms with van der Waals surface area (Å²) in [7, 11) is 0. The van der Waals surface area contributed by atoms with Crippen molar-refractivity contribution in [1.29, 1.82) is 0 Å². The van der Waals surface area contributed by atoms with Gasteiger partial charge in [-0.1, -0.05) is 12.1 Å². The zero-order valence-electron chi connectivity index (χ0n) is 7.91. The van der Waals surface area contributed by atoms with Gasteiger partial charge in [0, 0.05) is 6.54 Å². The van der Waals surface area contributed by atoms with Crippen molar-refractivity contribution in [2.24, 2.45) is 5.73 Å². The SMILES string of the molecule is Cc1cccc2c1OC(CN)C(=O)N2. The lowest BCUT2D eigenvalue weighted by atomic mass is 10.1. The molecule has 0 saturated carbocycles. The second-order valence-electron chi connectivity index (χ2n) is 3.28. The van der Waals surface area contributed by atoms with Gasteiger partial charge in [-0.2, -0.15) is 0 Å². The van der Waals surface area contributed by atoms with Crippen LogP contribution in [0.4, 0.5) is 5.69 Å². The van der Waals surface area contributed by atoms with Crippen LogP contribution in [0.3, 0.4) is 0 Å². The summed E-state index contributed by atoms with van der Waals surface area (Å²) in [5.41, 5.74) is 7.14. The van der Waals surface area contributed by atoms with E-state index in [9.17, 15) is 4.79 Å². The molecule has 0 aromatic heterocycles. The van der Waals surface area contributed by atoms with Gasteiger partial charge < -0.3 is 15.8 Å². The number of aryl methyl sites for hydroxylation is 1. The van der Waals surface area contributed by atoms with Crippen LogP contribution < -0.4 is 15.8 Å². The van der Waals surface area contributed by atoms with Gasteiger partial charge in [0.2, 0.25) is 0 Å². The number of rotatable bonds is 1. The number of carbonyl (C=O) groups is 1. The number of anilines is 1. The maximum atomic E-state index is 11.4. The molecule has 1 aromatic carbocycles. The van der Waals surface area contributed by atoms with E-state index in [1.54, 1.807) is 0 Å². The van der Waals surface area contributed by atoms with E-state index in [0.29, 0.717) is 0 Å². The van der Waals surface area contributed by atoms with Crippen LogP contribution in [0, 0.1) is 6.92 Å². The highest BCUT2D eigenvalue weighted by molar-refractivity contribution is 5.98. The van der Waals surface area contributed by atoms with Gasteiger partial charge in [0.1, 0.15) is 5.75 Å². The number of carbonyl (C=O) groups excluding carboxylic acids is 1. The third-order valence-corrected chi connectivity index (χ3v) is 2.24. The summed E-state index contributed by atoms with van der Waals surface area (Å²) >= 11 is 0. The third-order valence-electron chi connectivity index (χ3n) is 2.24. The molecule has 1 atom stereocenters. The van der Waals surface area contributed by atoms with E-state index in [1.165, 1.54) is 0 Å². The highest BCUT2D eigenvalue weighted by atomic mass is 16.5. The molecule has 0 saturated heterocycles. The molecule has 4 nitrogen and oxygen atoms in total. The Hall–Kier alpha value is -1.55. The minimum atomic E-state index is -0.566. The minimum absolute atomic E-state index is 0.175. The van der Waals surface area contributed by atoms with Crippen LogP contribution in [0.2, 0.25) is 0 Å². The van der Waals surface area contributed by atoms with Gasteiger partial charge in [-0.3, -0.25) is 4.79 Å². The number of para-hydroxylation sites is 1. The van der Waals surface area contributed by atoms with Crippen molar-refractivity contribution in [2.45, 2.75) is 13.0 Å². The van der Waals surface area contributed by atoms with Crippen LogP contribution in [0.25, 0.3) is 0 Å². The first kappa shape index (κ1) is 9.02. The van der Waals surface area contributed by atoms with E-state index in [4.69, 9.17) is 10.5 Å². The number of amides is 1. The van der Waals surface area contributed by atoms with Crippen molar-refractivity contribution in [3.05, 3.63) is 23.8 Å². The van der Waals surface area contributed by atoms with Gasteiger partial charge >= 0.3 is 0 Å². The molecule has 74 valence electrons. The molecule has 1 heterocycles. The summed E-state index contributed by atoms with van der Waals surface area (Å²) in [5, 5.41) is 2.76. The maximum absolute atomic E-state index is 11.4. The number of benzene rings is 1. The normalized spacial score (nSPS) is 19.6. The molecule has 0 radical (unpaired) electrons. The second kappa shape index (κ2) is 3.31. The Balaban J connectivity index is 2.40. The average molecular weight is 192 g/mol. The van der Waals surface area contributed by atoms with Crippen molar-refractivity contribution in [3.8, 4) is 5.75 Å². The molecule has 0 bridgehead atoms. The molecule has 1 aromatic rings. The Kier molecular flexibility index (Phi) is 2.13. The number of hydrogen-bond acceptors (Lipinski definition) is 3. The number of fused-ring (bicyclic) bond motifs is 1. The second-order valence-corrected chi connectivity index (χ2v) is 3.28. The zero-order valence-corrected chi connectivity index (χ0v) is 7.91. The summed E-state index contributed by atoms with van der Waals surface area (Å²) < 4.78 is 5.49. The van der Waals surface area contributed by atoms with Crippen LogP contribution in [0.1, 0.15) is 5.56 Å². The fourth-order valence-corrected chi connectivity index (χ4v) is 1.47. The summed E-state index contributed by atoms with van der Waals surface area (Å²) in [6.07, 6.45) is -0.566. The number of ether oxygens (including phenoxy) is 1. The van der Waals surface area contributed by atoms with E-state index in [0.717, 1.165) is 17.0 Å². The quantitative estimate of drug-likeness (QED) is 0.686.